The van der Waals surface area contributed by atoms with Crippen LogP contribution in [0.5, 0.6) is 0 Å². The van der Waals surface area contributed by atoms with Gasteiger partial charge in [0.1, 0.15) is 5.82 Å². The van der Waals surface area contributed by atoms with Crippen molar-refractivity contribution in [3.05, 3.63) is 29.9 Å². The number of rotatable bonds is 6. The molecule has 0 atom stereocenters. The lowest BCUT2D eigenvalue weighted by Gasteiger charge is -2.03. The predicted molar refractivity (Wildman–Crippen MR) is 70.1 cm³/mol. The van der Waals surface area contributed by atoms with Crippen LogP contribution in [-0.2, 0) is 6.42 Å². The van der Waals surface area contributed by atoms with Crippen LogP contribution in [0, 0.1) is 11.3 Å². The third-order valence-corrected chi connectivity index (χ3v) is 3.00. The average Bonchev–Trinajstić information content (AvgIpc) is 3.15. The summed E-state index contributed by atoms with van der Waals surface area (Å²) >= 11 is 0. The van der Waals surface area contributed by atoms with Gasteiger partial charge in [-0.2, -0.15) is 0 Å². The first-order valence-electron chi connectivity index (χ1n) is 6.36. The van der Waals surface area contributed by atoms with Crippen molar-refractivity contribution < 1.29 is 0 Å². The third-order valence-electron chi connectivity index (χ3n) is 3.00. The van der Waals surface area contributed by atoms with Gasteiger partial charge in [-0.3, -0.25) is 0 Å². The summed E-state index contributed by atoms with van der Waals surface area (Å²) in [5.41, 5.74) is 1.82. The van der Waals surface area contributed by atoms with Gasteiger partial charge in [0, 0.05) is 24.4 Å². The van der Waals surface area contributed by atoms with E-state index in [1.807, 2.05) is 6.07 Å². The van der Waals surface area contributed by atoms with Crippen molar-refractivity contribution in [2.45, 2.75) is 39.0 Å². The molecule has 0 amide bonds. The molecule has 0 saturated heterocycles. The number of aromatic nitrogens is 2. The number of aryl methyl sites for hydroxylation is 1. The monoisotopic (exact) mass is 229 g/mol. The molecule has 1 aromatic rings. The van der Waals surface area contributed by atoms with E-state index in [0.717, 1.165) is 42.3 Å². The molecule has 3 heteroatoms. The first kappa shape index (κ1) is 12.0. The second-order valence-electron chi connectivity index (χ2n) is 4.59. The molecule has 3 nitrogen and oxygen atoms in total. The Bertz CT molecular complexity index is 419. The second kappa shape index (κ2) is 5.71. The van der Waals surface area contributed by atoms with Gasteiger partial charge in [0.15, 0.2) is 0 Å². The summed E-state index contributed by atoms with van der Waals surface area (Å²) in [6, 6.07) is 1.89. The van der Waals surface area contributed by atoms with E-state index in [0.29, 0.717) is 0 Å². The van der Waals surface area contributed by atoms with E-state index >= 15 is 0 Å². The van der Waals surface area contributed by atoms with Crippen molar-refractivity contribution in [3.8, 4) is 0 Å². The van der Waals surface area contributed by atoms with E-state index in [2.05, 4.69) is 23.0 Å². The quantitative estimate of drug-likeness (QED) is 0.761. The molecule has 0 radical (unpaired) electrons. The zero-order valence-corrected chi connectivity index (χ0v) is 10.3. The second-order valence-corrected chi connectivity index (χ2v) is 4.59. The van der Waals surface area contributed by atoms with Gasteiger partial charge in [0.2, 0.25) is 0 Å². The molecule has 1 heterocycles. The van der Waals surface area contributed by atoms with Crippen LogP contribution in [-0.4, -0.2) is 16.2 Å². The topological polar surface area (TPSA) is 49.6 Å². The Morgan fingerprint density at radius 2 is 2.35 bits per heavy atom. The highest BCUT2D eigenvalue weighted by Crippen LogP contribution is 2.33. The maximum Gasteiger partial charge on any atom is 0.128 e. The van der Waals surface area contributed by atoms with Gasteiger partial charge in [-0.05, 0) is 37.7 Å². The van der Waals surface area contributed by atoms with Gasteiger partial charge in [-0.25, -0.2) is 9.97 Å². The van der Waals surface area contributed by atoms with Crippen LogP contribution in [0.25, 0.3) is 5.57 Å². The van der Waals surface area contributed by atoms with Crippen LogP contribution < -0.4 is 0 Å². The van der Waals surface area contributed by atoms with Crippen molar-refractivity contribution >= 4 is 11.8 Å². The first-order chi connectivity index (χ1) is 8.33. The summed E-state index contributed by atoms with van der Waals surface area (Å²) in [6.07, 6.45) is 11.1. The van der Waals surface area contributed by atoms with Crippen molar-refractivity contribution in [1.82, 2.24) is 9.97 Å². The summed E-state index contributed by atoms with van der Waals surface area (Å²) in [4.78, 5) is 8.74. The van der Waals surface area contributed by atoms with Gasteiger partial charge < -0.3 is 5.41 Å². The summed E-state index contributed by atoms with van der Waals surface area (Å²) in [5.74, 6) is 1.73. The number of hydrogen-bond acceptors (Lipinski definition) is 3. The molecule has 2 rings (SSSR count). The predicted octanol–water partition coefficient (Wildman–Crippen LogP) is 3.26. The van der Waals surface area contributed by atoms with Crippen LogP contribution in [0.15, 0.2) is 18.3 Å². The molecule has 0 aromatic carbocycles. The van der Waals surface area contributed by atoms with E-state index in [-0.39, 0.29) is 0 Å². The first-order valence-corrected chi connectivity index (χ1v) is 6.36. The van der Waals surface area contributed by atoms with Crippen molar-refractivity contribution in [1.29, 1.82) is 5.41 Å². The Morgan fingerprint density at radius 1 is 1.53 bits per heavy atom. The molecule has 0 bridgehead atoms. The number of nitrogens with one attached hydrogen (secondary N) is 1. The van der Waals surface area contributed by atoms with E-state index in [1.54, 1.807) is 6.20 Å². The minimum Gasteiger partial charge on any atom is -0.308 e. The molecule has 1 saturated carbocycles. The number of allylic oxidation sites excluding steroid dienone is 2. The Morgan fingerprint density at radius 3 is 3.00 bits per heavy atom. The van der Waals surface area contributed by atoms with Crippen LogP contribution in [0.3, 0.4) is 0 Å². The normalized spacial score (nSPS) is 15.9. The molecule has 1 aliphatic carbocycles. The Labute approximate surface area is 103 Å². The molecule has 1 aromatic heterocycles. The number of hydrogen-bond donors (Lipinski definition) is 1. The Hall–Kier alpha value is -1.51. The van der Waals surface area contributed by atoms with Crippen molar-refractivity contribution in [3.63, 3.8) is 0 Å². The van der Waals surface area contributed by atoms with E-state index in [1.165, 1.54) is 19.1 Å². The van der Waals surface area contributed by atoms with Crippen LogP contribution in [0.1, 0.15) is 44.1 Å². The molecule has 17 heavy (non-hydrogen) atoms. The summed E-state index contributed by atoms with van der Waals surface area (Å²) in [7, 11) is 0. The van der Waals surface area contributed by atoms with Crippen LogP contribution in [0.2, 0.25) is 0 Å². The zero-order valence-electron chi connectivity index (χ0n) is 10.3. The molecule has 1 aliphatic rings. The lowest BCUT2D eigenvalue weighted by Crippen LogP contribution is -1.98. The fourth-order valence-electron chi connectivity index (χ4n) is 1.79. The summed E-state index contributed by atoms with van der Waals surface area (Å²) < 4.78 is 0. The fourth-order valence-corrected chi connectivity index (χ4v) is 1.79. The van der Waals surface area contributed by atoms with Crippen LogP contribution >= 0.6 is 0 Å². The smallest absolute Gasteiger partial charge is 0.128 e. The molecule has 0 spiro atoms. The van der Waals surface area contributed by atoms with Gasteiger partial charge in [0.25, 0.3) is 0 Å². The lowest BCUT2D eigenvalue weighted by atomic mass is 10.1. The maximum atomic E-state index is 7.48. The summed E-state index contributed by atoms with van der Waals surface area (Å²) in [5, 5.41) is 7.48. The molecule has 1 N–H and O–H groups in total. The number of nitrogens with zero attached hydrogens (tertiary/aromatic N) is 2. The lowest BCUT2D eigenvalue weighted by molar-refractivity contribution is 0.830. The Balaban J connectivity index is 2.13. The third kappa shape index (κ3) is 3.48. The summed E-state index contributed by atoms with van der Waals surface area (Å²) in [6.45, 7) is 2.12. The molecular formula is C14H19N3. The van der Waals surface area contributed by atoms with Gasteiger partial charge >= 0.3 is 0 Å². The van der Waals surface area contributed by atoms with E-state index < -0.39 is 0 Å². The molecule has 90 valence electrons. The highest BCUT2D eigenvalue weighted by Gasteiger charge is 2.19. The van der Waals surface area contributed by atoms with Crippen molar-refractivity contribution in [2.24, 2.45) is 5.92 Å². The van der Waals surface area contributed by atoms with Gasteiger partial charge in [-0.15, -0.1) is 0 Å². The van der Waals surface area contributed by atoms with Crippen molar-refractivity contribution in [2.75, 3.05) is 0 Å². The molecule has 0 unspecified atom stereocenters. The minimum atomic E-state index is 0.849. The molecular weight excluding hydrogens is 210 g/mol. The van der Waals surface area contributed by atoms with Crippen LogP contribution in [0.4, 0.5) is 0 Å². The largest absolute Gasteiger partial charge is 0.308 e. The average molecular weight is 229 g/mol. The minimum absolute atomic E-state index is 0.849. The van der Waals surface area contributed by atoms with Gasteiger partial charge in [-0.1, -0.05) is 13.0 Å². The fraction of sp³-hybridized carbons (Fsp3) is 0.500. The van der Waals surface area contributed by atoms with E-state index in [4.69, 9.17) is 5.41 Å². The highest BCUT2D eigenvalue weighted by atomic mass is 14.9. The Kier molecular flexibility index (Phi) is 4.02. The zero-order chi connectivity index (χ0) is 12.1. The molecule has 0 aliphatic heterocycles. The van der Waals surface area contributed by atoms with Gasteiger partial charge in [0.05, 0.1) is 5.69 Å². The highest BCUT2D eigenvalue weighted by molar-refractivity contribution is 6.07. The molecule has 1 fully saturated rings. The maximum absolute atomic E-state index is 7.48. The standard InChI is InChI=1S/C14H19N3/c1-2-3-14-16-9-8-13(17-14)12(10-15)7-6-11-4-5-11/h7-11,15H,2-6H2,1H3/b12-7-,15-10?. The SMILES string of the molecule is CCCc1nccc(/C(C=N)=C\CC2CC2)n1. The van der Waals surface area contributed by atoms with E-state index in [9.17, 15) is 0 Å².